The van der Waals surface area contributed by atoms with E-state index in [9.17, 15) is 34.8 Å². The van der Waals surface area contributed by atoms with E-state index in [-0.39, 0.29) is 32.7 Å². The van der Waals surface area contributed by atoms with Gasteiger partial charge >= 0.3 is 6.18 Å². The Bertz CT molecular complexity index is 1770. The Kier molecular flexibility index (Phi) is 7.36. The van der Waals surface area contributed by atoms with Crippen LogP contribution in [0, 0.1) is 11.3 Å². The molecule has 2 N–H and O–H groups in total. The number of benzene rings is 2. The molecule has 2 heterocycles. The second-order valence-corrected chi connectivity index (χ2v) is 13.5. The molecule has 8 nitrogen and oxygen atoms in total. The molecule has 1 aliphatic carbocycles. The van der Waals surface area contributed by atoms with Crippen LogP contribution in [0.1, 0.15) is 53.7 Å². The summed E-state index contributed by atoms with van der Waals surface area (Å²) in [6.45, 7) is 0. The molecule has 2 aliphatic rings. The Morgan fingerprint density at radius 2 is 1.68 bits per heavy atom. The number of amides is 1. The SMILES string of the molecule is N=C(CC1CCC(=CS(=O)(=O)c2ccc(-c3ccc4c(c3)S(=O)(=O)NC4=O)cc2)CC1)c1ccc(C(F)(F)F)cn1. The summed E-state index contributed by atoms with van der Waals surface area (Å²) in [7, 11) is -7.67. The van der Waals surface area contributed by atoms with Crippen molar-refractivity contribution < 1.29 is 34.8 Å². The monoisotopic (exact) mass is 603 g/mol. The molecule has 41 heavy (non-hydrogen) atoms. The van der Waals surface area contributed by atoms with Gasteiger partial charge in [-0.2, -0.15) is 13.2 Å². The van der Waals surface area contributed by atoms with Crippen LogP contribution in [0.15, 0.2) is 81.6 Å². The molecule has 3 aromatic rings. The van der Waals surface area contributed by atoms with E-state index in [0.717, 1.165) is 17.8 Å². The summed E-state index contributed by atoms with van der Waals surface area (Å²) in [5.41, 5.74) is 1.38. The Morgan fingerprint density at radius 1 is 1.02 bits per heavy atom. The Balaban J connectivity index is 1.22. The predicted molar refractivity (Wildman–Crippen MR) is 144 cm³/mol. The largest absolute Gasteiger partial charge is 0.417 e. The van der Waals surface area contributed by atoms with Crippen molar-refractivity contribution in [3.63, 3.8) is 0 Å². The van der Waals surface area contributed by atoms with Crippen LogP contribution >= 0.6 is 0 Å². The van der Waals surface area contributed by atoms with E-state index >= 15 is 0 Å². The van der Waals surface area contributed by atoms with Crippen LogP contribution in [0.2, 0.25) is 0 Å². The fourth-order valence-electron chi connectivity index (χ4n) is 4.97. The number of hydrogen-bond acceptors (Lipinski definition) is 7. The third-order valence-electron chi connectivity index (χ3n) is 7.22. The first-order valence-electron chi connectivity index (χ1n) is 12.6. The lowest BCUT2D eigenvalue weighted by molar-refractivity contribution is -0.137. The lowest BCUT2D eigenvalue weighted by atomic mass is 9.83. The van der Waals surface area contributed by atoms with Crippen molar-refractivity contribution >= 4 is 31.5 Å². The van der Waals surface area contributed by atoms with Gasteiger partial charge in [0.15, 0.2) is 9.84 Å². The summed E-state index contributed by atoms with van der Waals surface area (Å²) in [5, 5.41) is 9.51. The molecule has 1 saturated carbocycles. The van der Waals surface area contributed by atoms with Gasteiger partial charge in [-0.3, -0.25) is 9.78 Å². The van der Waals surface area contributed by atoms with Crippen LogP contribution in [-0.2, 0) is 26.0 Å². The number of rotatable bonds is 6. The molecule has 0 unspecified atom stereocenters. The van der Waals surface area contributed by atoms with E-state index in [4.69, 9.17) is 5.41 Å². The first-order valence-corrected chi connectivity index (χ1v) is 15.6. The number of carbonyl (C=O) groups excluding carboxylic acids is 1. The molecule has 0 atom stereocenters. The van der Waals surface area contributed by atoms with Crippen LogP contribution in [0.3, 0.4) is 0 Å². The molecule has 0 saturated heterocycles. The van der Waals surface area contributed by atoms with Gasteiger partial charge in [0.1, 0.15) is 4.90 Å². The molecule has 5 rings (SSSR count). The second kappa shape index (κ2) is 10.5. The number of aromatic nitrogens is 1. The fraction of sp³-hybridized carbons (Fsp3) is 0.250. The summed E-state index contributed by atoms with van der Waals surface area (Å²) in [6.07, 6.45) is -1.11. The zero-order valence-corrected chi connectivity index (χ0v) is 23.0. The minimum absolute atomic E-state index is 0.0578. The molecule has 2 aromatic carbocycles. The first kappa shape index (κ1) is 28.7. The standard InChI is InChI=1S/C28H24F3N3O5S2/c29-28(30,31)21-8-12-25(33-15-21)24(32)13-17-1-3-18(4-2-17)16-40(36,37)22-9-5-19(6-10-22)20-7-11-23-26(14-20)41(38,39)34-27(23)35/h5-12,14-17,32H,1-4,13H2,(H,34,35). The van der Waals surface area contributed by atoms with E-state index in [1.54, 1.807) is 18.2 Å². The maximum atomic E-state index is 13.0. The average Bonchev–Trinajstić information content (AvgIpc) is 3.16. The zero-order chi connectivity index (χ0) is 29.6. The third kappa shape index (κ3) is 6.10. The Hall–Kier alpha value is -3.84. The smallest absolute Gasteiger partial charge is 0.303 e. The molecule has 1 aliphatic heterocycles. The highest BCUT2D eigenvalue weighted by Crippen LogP contribution is 2.34. The minimum Gasteiger partial charge on any atom is -0.303 e. The zero-order valence-electron chi connectivity index (χ0n) is 21.4. The second-order valence-electron chi connectivity index (χ2n) is 10.0. The van der Waals surface area contributed by atoms with E-state index in [0.29, 0.717) is 43.2 Å². The number of nitrogens with one attached hydrogen (secondary N) is 2. The number of halogens is 3. The molecule has 0 bridgehead atoms. The van der Waals surface area contributed by atoms with Gasteiger partial charge in [-0.15, -0.1) is 0 Å². The lowest BCUT2D eigenvalue weighted by Crippen LogP contribution is -2.20. The maximum Gasteiger partial charge on any atom is 0.417 e. The predicted octanol–water partition coefficient (Wildman–Crippen LogP) is 5.51. The van der Waals surface area contributed by atoms with Crippen LogP contribution in [-0.4, -0.2) is 33.4 Å². The summed E-state index contributed by atoms with van der Waals surface area (Å²) < 4.78 is 90.5. The topological polar surface area (TPSA) is 134 Å². The molecule has 214 valence electrons. The van der Waals surface area contributed by atoms with Gasteiger partial charge in [-0.05, 0) is 85.5 Å². The van der Waals surface area contributed by atoms with Crippen LogP contribution < -0.4 is 4.72 Å². The molecule has 1 fully saturated rings. The summed E-state index contributed by atoms with van der Waals surface area (Å²) in [5.74, 6) is -0.600. The fourth-order valence-corrected chi connectivity index (χ4v) is 7.49. The highest BCUT2D eigenvalue weighted by Gasteiger charge is 2.33. The molecule has 0 radical (unpaired) electrons. The molecule has 1 aromatic heterocycles. The van der Waals surface area contributed by atoms with E-state index in [2.05, 4.69) is 4.98 Å². The molecule has 0 spiro atoms. The number of alkyl halides is 3. The van der Waals surface area contributed by atoms with Crippen molar-refractivity contribution in [2.24, 2.45) is 5.92 Å². The number of sulfone groups is 1. The lowest BCUT2D eigenvalue weighted by Gasteiger charge is -2.24. The van der Waals surface area contributed by atoms with Crippen molar-refractivity contribution in [3.05, 3.63) is 88.6 Å². The van der Waals surface area contributed by atoms with Gasteiger partial charge in [0.2, 0.25) is 0 Å². The van der Waals surface area contributed by atoms with Crippen LogP contribution in [0.4, 0.5) is 13.2 Å². The molecular weight excluding hydrogens is 579 g/mol. The Morgan fingerprint density at radius 3 is 2.29 bits per heavy atom. The van der Waals surface area contributed by atoms with E-state index in [1.807, 2.05) is 4.72 Å². The minimum atomic E-state index is -4.49. The van der Waals surface area contributed by atoms with Crippen LogP contribution in [0.25, 0.3) is 11.1 Å². The van der Waals surface area contributed by atoms with E-state index < -0.39 is 37.5 Å². The quantitative estimate of drug-likeness (QED) is 0.357. The van der Waals surface area contributed by atoms with Gasteiger partial charge < -0.3 is 5.41 Å². The summed E-state index contributed by atoms with van der Waals surface area (Å²) in [6, 6.07) is 12.5. The first-order chi connectivity index (χ1) is 19.2. The molecule has 13 heteroatoms. The number of fused-ring (bicyclic) bond motifs is 1. The number of nitrogens with zero attached hydrogens (tertiary/aromatic N) is 1. The van der Waals surface area contributed by atoms with Crippen molar-refractivity contribution in [3.8, 4) is 11.1 Å². The van der Waals surface area contributed by atoms with Crippen molar-refractivity contribution in [1.29, 1.82) is 5.41 Å². The normalized spacial score (nSPS) is 18.5. The highest BCUT2D eigenvalue weighted by molar-refractivity contribution is 7.94. The van der Waals surface area contributed by atoms with E-state index in [1.165, 1.54) is 35.7 Å². The van der Waals surface area contributed by atoms with Gasteiger partial charge in [0, 0.05) is 11.6 Å². The van der Waals surface area contributed by atoms with Gasteiger partial charge in [0.05, 0.1) is 27.4 Å². The van der Waals surface area contributed by atoms with Crippen molar-refractivity contribution in [2.45, 2.75) is 48.1 Å². The number of allylic oxidation sites excluding steroid dienone is 1. The maximum absolute atomic E-state index is 13.0. The summed E-state index contributed by atoms with van der Waals surface area (Å²) in [4.78, 5) is 15.5. The molecule has 1 amide bonds. The number of hydrogen-bond donors (Lipinski definition) is 2. The van der Waals surface area contributed by atoms with Gasteiger partial charge in [0.25, 0.3) is 15.9 Å². The number of pyridine rings is 1. The van der Waals surface area contributed by atoms with Gasteiger partial charge in [-0.25, -0.2) is 21.6 Å². The summed E-state index contributed by atoms with van der Waals surface area (Å²) >= 11 is 0. The number of sulfonamides is 1. The average molecular weight is 604 g/mol. The van der Waals surface area contributed by atoms with Gasteiger partial charge in [-0.1, -0.05) is 23.8 Å². The molecular formula is C28H24F3N3O5S2. The third-order valence-corrected chi connectivity index (χ3v) is 10.2. The van der Waals surface area contributed by atoms with Crippen LogP contribution in [0.5, 0.6) is 0 Å². The highest BCUT2D eigenvalue weighted by atomic mass is 32.2. The number of carbonyl (C=O) groups is 1. The van der Waals surface area contributed by atoms with Crippen molar-refractivity contribution in [1.82, 2.24) is 9.71 Å². The van der Waals surface area contributed by atoms with Crippen molar-refractivity contribution in [2.75, 3.05) is 0 Å². The Labute approximate surface area is 234 Å².